The molecule has 0 saturated carbocycles. The van der Waals surface area contributed by atoms with Gasteiger partial charge in [-0.3, -0.25) is 14.7 Å². The van der Waals surface area contributed by atoms with Crippen LogP contribution in [0.1, 0.15) is 18.4 Å². The van der Waals surface area contributed by atoms with E-state index in [4.69, 9.17) is 11.6 Å². The van der Waals surface area contributed by atoms with Crippen molar-refractivity contribution in [3.8, 4) is 0 Å². The number of hydrogen-bond donors (Lipinski definition) is 0. The first kappa shape index (κ1) is 24.8. The Labute approximate surface area is 217 Å². The van der Waals surface area contributed by atoms with Crippen molar-refractivity contribution in [2.45, 2.75) is 24.3 Å². The van der Waals surface area contributed by atoms with Gasteiger partial charge in [0.2, 0.25) is 15.9 Å². The van der Waals surface area contributed by atoms with E-state index in [9.17, 15) is 17.6 Å². The fraction of sp³-hybridized carbons (Fsp3) is 0.240. The number of halogens is 2. The highest BCUT2D eigenvalue weighted by atomic mass is 35.5. The fourth-order valence-electron chi connectivity index (χ4n) is 4.29. The van der Waals surface area contributed by atoms with Crippen LogP contribution < -0.4 is 4.90 Å². The number of hydrogen-bond acceptors (Lipinski definition) is 6. The van der Waals surface area contributed by atoms with Gasteiger partial charge < -0.3 is 0 Å². The van der Waals surface area contributed by atoms with E-state index in [0.29, 0.717) is 28.5 Å². The van der Waals surface area contributed by atoms with Crippen molar-refractivity contribution in [2.75, 3.05) is 18.0 Å². The summed E-state index contributed by atoms with van der Waals surface area (Å²) in [5, 5.41) is 1.03. The molecule has 5 rings (SSSR count). The van der Waals surface area contributed by atoms with Gasteiger partial charge in [-0.15, -0.1) is 0 Å². The Kier molecular flexibility index (Phi) is 7.03. The molecule has 1 amide bonds. The highest BCUT2D eigenvalue weighted by Crippen LogP contribution is 2.35. The Morgan fingerprint density at radius 3 is 2.58 bits per heavy atom. The summed E-state index contributed by atoms with van der Waals surface area (Å²) in [5.74, 6) is -1.33. The van der Waals surface area contributed by atoms with Crippen LogP contribution in [-0.4, -0.2) is 41.7 Å². The molecule has 0 atom stereocenters. The second-order valence-electron chi connectivity index (χ2n) is 8.48. The number of amides is 1. The number of aromatic nitrogens is 2. The molecule has 0 N–H and O–H groups in total. The number of piperidine rings is 1. The number of rotatable bonds is 6. The summed E-state index contributed by atoms with van der Waals surface area (Å²) in [6.07, 6.45) is 4.01. The maximum atomic E-state index is 14.2. The molecule has 4 aromatic rings. The standard InChI is InChI=1S/C25H22ClFN4O3S2/c26-19-6-3-8-21-23(19)29-25(35-21)31(16-17-5-4-12-28-15-17)24(32)18-10-13-30(14-11-18)36(33,34)22-9-2-1-7-20(22)27/h1-9,12,15,18H,10-11,13-14,16H2. The number of carbonyl (C=O) groups excluding carboxylic acids is 1. The first-order chi connectivity index (χ1) is 17.3. The summed E-state index contributed by atoms with van der Waals surface area (Å²) in [5.41, 5.74) is 1.48. The number of carbonyl (C=O) groups is 1. The largest absolute Gasteiger partial charge is 0.283 e. The zero-order valence-corrected chi connectivity index (χ0v) is 21.4. The van der Waals surface area contributed by atoms with Crippen LogP contribution in [0.2, 0.25) is 5.02 Å². The van der Waals surface area contributed by atoms with Gasteiger partial charge in [0, 0.05) is 31.4 Å². The monoisotopic (exact) mass is 544 g/mol. The first-order valence-electron chi connectivity index (χ1n) is 11.3. The molecule has 0 aliphatic carbocycles. The lowest BCUT2D eigenvalue weighted by molar-refractivity contribution is -0.123. The van der Waals surface area contributed by atoms with E-state index in [0.717, 1.165) is 16.3 Å². The van der Waals surface area contributed by atoms with Crippen molar-refractivity contribution in [3.05, 3.63) is 83.4 Å². The number of benzene rings is 2. The fourth-order valence-corrected chi connectivity index (χ4v) is 7.09. The van der Waals surface area contributed by atoms with Gasteiger partial charge in [-0.05, 0) is 48.7 Å². The third kappa shape index (κ3) is 4.86. The van der Waals surface area contributed by atoms with Crippen LogP contribution in [0.15, 0.2) is 71.9 Å². The van der Waals surface area contributed by atoms with Crippen molar-refractivity contribution >= 4 is 54.2 Å². The predicted molar refractivity (Wildman–Crippen MR) is 138 cm³/mol. The minimum Gasteiger partial charge on any atom is -0.283 e. The zero-order valence-electron chi connectivity index (χ0n) is 19.0. The maximum absolute atomic E-state index is 14.2. The van der Waals surface area contributed by atoms with Crippen LogP contribution in [0.5, 0.6) is 0 Å². The number of pyridine rings is 1. The topological polar surface area (TPSA) is 83.5 Å². The van der Waals surface area contributed by atoms with Crippen LogP contribution in [-0.2, 0) is 21.4 Å². The summed E-state index contributed by atoms with van der Waals surface area (Å²) < 4.78 is 42.2. The maximum Gasteiger partial charge on any atom is 0.245 e. The molecule has 186 valence electrons. The van der Waals surface area contributed by atoms with Gasteiger partial charge in [0.25, 0.3) is 0 Å². The number of fused-ring (bicyclic) bond motifs is 1. The molecule has 11 heteroatoms. The Balaban J connectivity index is 1.39. The van der Waals surface area contributed by atoms with Crippen LogP contribution in [0.3, 0.4) is 0 Å². The molecule has 2 aromatic carbocycles. The summed E-state index contributed by atoms with van der Waals surface area (Å²) in [7, 11) is -3.98. The van der Waals surface area contributed by atoms with Crippen LogP contribution in [0.25, 0.3) is 10.2 Å². The molecule has 3 heterocycles. The summed E-state index contributed by atoms with van der Waals surface area (Å²) in [6.45, 7) is 0.525. The predicted octanol–water partition coefficient (Wildman–Crippen LogP) is 5.12. The van der Waals surface area contributed by atoms with Gasteiger partial charge in [0.15, 0.2) is 5.13 Å². The van der Waals surface area contributed by atoms with E-state index in [-0.39, 0.29) is 30.4 Å². The van der Waals surface area contributed by atoms with Gasteiger partial charge in [0.05, 0.1) is 16.3 Å². The quantitative estimate of drug-likeness (QED) is 0.336. The zero-order chi connectivity index (χ0) is 25.3. The van der Waals surface area contributed by atoms with Gasteiger partial charge in [-0.1, -0.05) is 47.2 Å². The molecule has 0 spiro atoms. The molecule has 36 heavy (non-hydrogen) atoms. The van der Waals surface area contributed by atoms with Crippen LogP contribution in [0.4, 0.5) is 9.52 Å². The lowest BCUT2D eigenvalue weighted by Crippen LogP contribution is -2.44. The first-order valence-corrected chi connectivity index (χ1v) is 14.0. The van der Waals surface area contributed by atoms with Crippen LogP contribution >= 0.6 is 22.9 Å². The van der Waals surface area contributed by atoms with E-state index >= 15 is 0 Å². The molecule has 1 aliphatic rings. The molecule has 1 aliphatic heterocycles. The average molecular weight is 545 g/mol. The van der Waals surface area contributed by atoms with Crippen LogP contribution in [0, 0.1) is 11.7 Å². The molecule has 0 unspecified atom stereocenters. The Morgan fingerprint density at radius 1 is 1.11 bits per heavy atom. The second kappa shape index (κ2) is 10.2. The van der Waals surface area contributed by atoms with Gasteiger partial charge in [-0.2, -0.15) is 4.31 Å². The Morgan fingerprint density at radius 2 is 1.89 bits per heavy atom. The van der Waals surface area contributed by atoms with Crippen molar-refractivity contribution in [1.29, 1.82) is 0 Å². The minimum absolute atomic E-state index is 0.124. The van der Waals surface area contributed by atoms with Crippen molar-refractivity contribution in [3.63, 3.8) is 0 Å². The third-order valence-corrected chi connectivity index (χ3v) is 9.46. The second-order valence-corrected chi connectivity index (χ2v) is 11.8. The molecular weight excluding hydrogens is 523 g/mol. The van der Waals surface area contributed by atoms with Gasteiger partial charge in [-0.25, -0.2) is 17.8 Å². The van der Waals surface area contributed by atoms with E-state index < -0.39 is 21.8 Å². The van der Waals surface area contributed by atoms with Crippen molar-refractivity contribution < 1.29 is 17.6 Å². The van der Waals surface area contributed by atoms with Crippen molar-refractivity contribution in [2.24, 2.45) is 5.92 Å². The highest BCUT2D eigenvalue weighted by Gasteiger charge is 2.36. The number of thiazole rings is 1. The summed E-state index contributed by atoms with van der Waals surface area (Å²) in [6, 6.07) is 14.5. The molecular formula is C25H22ClFN4O3S2. The Hall–Kier alpha value is -2.92. The molecule has 0 radical (unpaired) electrons. The molecule has 1 saturated heterocycles. The minimum atomic E-state index is -3.98. The SMILES string of the molecule is O=C(C1CCN(S(=O)(=O)c2ccccc2F)CC1)N(Cc1cccnc1)c1nc2c(Cl)cccc2s1. The van der Waals surface area contributed by atoms with Gasteiger partial charge in [0.1, 0.15) is 16.2 Å². The van der Waals surface area contributed by atoms with Crippen molar-refractivity contribution in [1.82, 2.24) is 14.3 Å². The summed E-state index contributed by atoms with van der Waals surface area (Å²) >= 11 is 7.70. The molecule has 2 aromatic heterocycles. The average Bonchev–Trinajstić information content (AvgIpc) is 3.33. The van der Waals surface area contributed by atoms with E-state index in [2.05, 4.69) is 9.97 Å². The number of sulfonamides is 1. The summed E-state index contributed by atoms with van der Waals surface area (Å²) in [4.78, 5) is 23.8. The van der Waals surface area contributed by atoms with Gasteiger partial charge >= 0.3 is 0 Å². The smallest absolute Gasteiger partial charge is 0.245 e. The third-order valence-electron chi connectivity index (χ3n) is 6.18. The lowest BCUT2D eigenvalue weighted by Gasteiger charge is -2.33. The highest BCUT2D eigenvalue weighted by molar-refractivity contribution is 7.89. The number of anilines is 1. The van der Waals surface area contributed by atoms with E-state index in [1.165, 1.54) is 33.8 Å². The molecule has 0 bridgehead atoms. The molecule has 7 nitrogen and oxygen atoms in total. The Bertz CT molecular complexity index is 1510. The normalized spacial score (nSPS) is 15.3. The number of para-hydroxylation sites is 1. The van der Waals surface area contributed by atoms with E-state index in [1.54, 1.807) is 29.4 Å². The number of nitrogens with zero attached hydrogens (tertiary/aromatic N) is 4. The molecule has 1 fully saturated rings. The lowest BCUT2D eigenvalue weighted by atomic mass is 9.96. The van der Waals surface area contributed by atoms with E-state index in [1.807, 2.05) is 18.2 Å².